The summed E-state index contributed by atoms with van der Waals surface area (Å²) in [5, 5.41) is 3.02. The van der Waals surface area contributed by atoms with Crippen LogP contribution in [0.1, 0.15) is 19.8 Å². The third kappa shape index (κ3) is 4.90. The Bertz CT molecular complexity index is 666. The van der Waals surface area contributed by atoms with E-state index in [-0.39, 0.29) is 17.3 Å². The van der Waals surface area contributed by atoms with Crippen LogP contribution >= 0.6 is 11.6 Å². The van der Waals surface area contributed by atoms with Crippen LogP contribution in [0.15, 0.2) is 12.4 Å². The van der Waals surface area contributed by atoms with Crippen molar-refractivity contribution in [1.82, 2.24) is 19.8 Å². The molecule has 0 aliphatic carbocycles. The fourth-order valence-electron chi connectivity index (χ4n) is 3.32. The maximum Gasteiger partial charge on any atom is 0.313 e. The Balaban J connectivity index is 1.37. The van der Waals surface area contributed by atoms with Crippen molar-refractivity contribution in [3.8, 4) is 0 Å². The summed E-state index contributed by atoms with van der Waals surface area (Å²) in [4.78, 5) is 36.2. The first kappa shape index (κ1) is 19.0. The van der Waals surface area contributed by atoms with E-state index in [2.05, 4.69) is 25.1 Å². The molecular formula is C17H24ClN5O3. The lowest BCUT2D eigenvalue weighted by atomic mass is 9.88. The van der Waals surface area contributed by atoms with Gasteiger partial charge in [-0.25, -0.2) is 9.97 Å². The molecule has 1 atom stereocenters. The summed E-state index contributed by atoms with van der Waals surface area (Å²) in [6.07, 6.45) is 2.50. The molecule has 1 aromatic heterocycles. The summed E-state index contributed by atoms with van der Waals surface area (Å²) in [5.74, 6) is 0.237. The van der Waals surface area contributed by atoms with Crippen molar-refractivity contribution in [2.24, 2.45) is 5.41 Å². The van der Waals surface area contributed by atoms with E-state index in [4.69, 9.17) is 16.3 Å². The number of aromatic nitrogens is 2. The number of ether oxygens (including phenoxy) is 1. The van der Waals surface area contributed by atoms with Gasteiger partial charge in [-0.2, -0.15) is 0 Å². The zero-order valence-corrected chi connectivity index (χ0v) is 15.7. The molecule has 1 N–H and O–H groups in total. The Hall–Kier alpha value is -1.77. The minimum Gasteiger partial charge on any atom is -0.465 e. The molecule has 2 fully saturated rings. The molecule has 1 aromatic rings. The number of nitrogens with one attached hydrogen (secondary N) is 1. The van der Waals surface area contributed by atoms with Gasteiger partial charge in [0.2, 0.25) is 5.91 Å². The van der Waals surface area contributed by atoms with Gasteiger partial charge in [0.1, 0.15) is 17.3 Å². The number of amides is 1. The number of halogens is 1. The van der Waals surface area contributed by atoms with E-state index in [1.807, 2.05) is 6.92 Å². The highest BCUT2D eigenvalue weighted by molar-refractivity contribution is 6.29. The number of carbonyl (C=O) groups excluding carboxylic acids is 2. The molecule has 1 amide bonds. The molecule has 142 valence electrons. The molecule has 2 saturated heterocycles. The lowest BCUT2D eigenvalue weighted by Gasteiger charge is -2.37. The van der Waals surface area contributed by atoms with Gasteiger partial charge in [0.15, 0.2) is 0 Å². The van der Waals surface area contributed by atoms with Crippen LogP contribution in [0.3, 0.4) is 0 Å². The largest absolute Gasteiger partial charge is 0.465 e. The van der Waals surface area contributed by atoms with Crippen molar-refractivity contribution in [3.05, 3.63) is 17.5 Å². The van der Waals surface area contributed by atoms with E-state index in [1.54, 1.807) is 0 Å². The molecule has 8 nitrogen and oxygen atoms in total. The molecule has 0 bridgehead atoms. The number of nitrogens with zero attached hydrogens (tertiary/aromatic N) is 4. The van der Waals surface area contributed by atoms with Crippen molar-refractivity contribution in [2.45, 2.75) is 19.8 Å². The zero-order chi connectivity index (χ0) is 18.6. The third-order valence-electron chi connectivity index (χ3n) is 4.97. The van der Waals surface area contributed by atoms with Crippen LogP contribution in [0.4, 0.5) is 5.82 Å². The molecule has 3 heterocycles. The summed E-state index contributed by atoms with van der Waals surface area (Å²) >= 11 is 5.78. The van der Waals surface area contributed by atoms with Crippen LogP contribution in [0.25, 0.3) is 0 Å². The van der Waals surface area contributed by atoms with E-state index in [0.717, 1.165) is 39.1 Å². The number of hydrogen-bond donors (Lipinski definition) is 1. The fourth-order valence-corrected chi connectivity index (χ4v) is 3.47. The number of hydrogen-bond acceptors (Lipinski definition) is 7. The fraction of sp³-hybridized carbons (Fsp3) is 0.647. The van der Waals surface area contributed by atoms with Gasteiger partial charge in [0, 0.05) is 51.8 Å². The first-order valence-corrected chi connectivity index (χ1v) is 9.22. The maximum absolute atomic E-state index is 12.0. The normalized spacial score (nSPS) is 24.5. The number of carbonyl (C=O) groups is 2. The Morgan fingerprint density at radius 2 is 2.04 bits per heavy atom. The molecule has 0 radical (unpaired) electrons. The van der Waals surface area contributed by atoms with Gasteiger partial charge >= 0.3 is 5.97 Å². The van der Waals surface area contributed by atoms with Gasteiger partial charge in [-0.05, 0) is 13.3 Å². The van der Waals surface area contributed by atoms with Gasteiger partial charge in [-0.1, -0.05) is 11.6 Å². The van der Waals surface area contributed by atoms with Gasteiger partial charge in [0.25, 0.3) is 0 Å². The molecule has 3 rings (SSSR count). The second kappa shape index (κ2) is 8.28. The van der Waals surface area contributed by atoms with Crippen molar-refractivity contribution in [3.63, 3.8) is 0 Å². The van der Waals surface area contributed by atoms with Gasteiger partial charge in [0.05, 0.1) is 12.0 Å². The highest BCUT2D eigenvalue weighted by Crippen LogP contribution is 2.30. The molecule has 9 heteroatoms. The molecule has 1 unspecified atom stereocenters. The molecule has 0 spiro atoms. The molecule has 26 heavy (non-hydrogen) atoms. The summed E-state index contributed by atoms with van der Waals surface area (Å²) in [5.41, 5.74) is -0.374. The number of esters is 1. The highest BCUT2D eigenvalue weighted by Gasteiger charge is 2.41. The zero-order valence-electron chi connectivity index (χ0n) is 14.9. The van der Waals surface area contributed by atoms with Crippen LogP contribution in [0.2, 0.25) is 5.15 Å². The number of piperazine rings is 1. The highest BCUT2D eigenvalue weighted by atomic mass is 35.5. The van der Waals surface area contributed by atoms with Crippen molar-refractivity contribution in [2.75, 3.05) is 51.2 Å². The Morgan fingerprint density at radius 1 is 1.31 bits per heavy atom. The Kier molecular flexibility index (Phi) is 6.05. The van der Waals surface area contributed by atoms with Gasteiger partial charge < -0.3 is 15.0 Å². The lowest BCUT2D eigenvalue weighted by Crippen LogP contribution is -2.50. The summed E-state index contributed by atoms with van der Waals surface area (Å²) in [6, 6.07) is 1.52. The predicted octanol–water partition coefficient (Wildman–Crippen LogP) is 1.03. The standard InChI is InChI=1S/C17H24ClN5O3/c1-17(3-9-26-16(17)25)11-23-7-5-22(6-8-23)4-2-15(24)21-14-10-13(18)19-12-20-14/h10,12H,2-9,11H2,1H3,(H,19,20,21,24). The van der Waals surface area contributed by atoms with E-state index < -0.39 is 0 Å². The number of cyclic esters (lactones) is 1. The quantitative estimate of drug-likeness (QED) is 0.581. The van der Waals surface area contributed by atoms with E-state index in [9.17, 15) is 9.59 Å². The van der Waals surface area contributed by atoms with Crippen LogP contribution in [0.5, 0.6) is 0 Å². The first-order valence-electron chi connectivity index (χ1n) is 8.84. The monoisotopic (exact) mass is 381 g/mol. The molecule has 0 aromatic carbocycles. The summed E-state index contributed by atoms with van der Waals surface area (Å²) in [7, 11) is 0. The van der Waals surface area contributed by atoms with Crippen LogP contribution < -0.4 is 5.32 Å². The van der Waals surface area contributed by atoms with Crippen LogP contribution in [0, 0.1) is 5.41 Å². The summed E-state index contributed by atoms with van der Waals surface area (Å²) in [6.45, 7) is 7.51. The first-order chi connectivity index (χ1) is 12.4. The van der Waals surface area contributed by atoms with Gasteiger partial charge in [-0.15, -0.1) is 0 Å². The minimum atomic E-state index is -0.374. The summed E-state index contributed by atoms with van der Waals surface area (Å²) < 4.78 is 5.11. The van der Waals surface area contributed by atoms with Crippen molar-refractivity contribution >= 4 is 29.3 Å². The Morgan fingerprint density at radius 3 is 2.69 bits per heavy atom. The van der Waals surface area contributed by atoms with E-state index in [0.29, 0.717) is 30.5 Å². The van der Waals surface area contributed by atoms with Crippen LogP contribution in [-0.2, 0) is 14.3 Å². The number of rotatable bonds is 6. The minimum absolute atomic E-state index is 0.0820. The predicted molar refractivity (Wildman–Crippen MR) is 96.9 cm³/mol. The third-order valence-corrected chi connectivity index (χ3v) is 5.18. The topological polar surface area (TPSA) is 87.7 Å². The molecular weight excluding hydrogens is 358 g/mol. The molecule has 2 aliphatic heterocycles. The van der Waals surface area contributed by atoms with Crippen LogP contribution in [-0.4, -0.2) is 77.5 Å². The Labute approximate surface area is 157 Å². The van der Waals surface area contributed by atoms with Crippen molar-refractivity contribution in [1.29, 1.82) is 0 Å². The average Bonchev–Trinajstić information content (AvgIpc) is 2.93. The number of anilines is 1. The van der Waals surface area contributed by atoms with Crippen molar-refractivity contribution < 1.29 is 14.3 Å². The van der Waals surface area contributed by atoms with E-state index >= 15 is 0 Å². The maximum atomic E-state index is 12.0. The second-order valence-corrected chi connectivity index (χ2v) is 7.48. The smallest absolute Gasteiger partial charge is 0.313 e. The average molecular weight is 382 g/mol. The lowest BCUT2D eigenvalue weighted by molar-refractivity contribution is -0.146. The SMILES string of the molecule is CC1(CN2CCN(CCC(=O)Nc3cc(Cl)ncn3)CC2)CCOC1=O. The van der Waals surface area contributed by atoms with E-state index in [1.165, 1.54) is 12.4 Å². The second-order valence-electron chi connectivity index (χ2n) is 7.09. The van der Waals surface area contributed by atoms with Gasteiger partial charge in [-0.3, -0.25) is 14.5 Å². The molecule has 2 aliphatic rings. The molecule has 0 saturated carbocycles.